The number of carbonyl (C=O) groups excluding carboxylic acids is 1. The molecule has 0 fully saturated rings. The lowest BCUT2D eigenvalue weighted by atomic mass is 9.94. The molecule has 148 valence electrons. The van der Waals surface area contributed by atoms with Gasteiger partial charge >= 0.3 is 0 Å². The van der Waals surface area contributed by atoms with Crippen LogP contribution in [-0.4, -0.2) is 26.7 Å². The summed E-state index contributed by atoms with van der Waals surface area (Å²) in [5.41, 5.74) is 2.45. The summed E-state index contributed by atoms with van der Waals surface area (Å²) in [6, 6.07) is 8.62. The number of nitrogens with one attached hydrogen (secondary N) is 3. The van der Waals surface area contributed by atoms with Gasteiger partial charge in [0.25, 0.3) is 5.91 Å². The van der Waals surface area contributed by atoms with Crippen LogP contribution in [0.25, 0.3) is 0 Å². The number of nitriles is 1. The second kappa shape index (κ2) is 7.67. The summed E-state index contributed by atoms with van der Waals surface area (Å²) < 4.78 is 14.6. The highest BCUT2D eigenvalue weighted by atomic mass is 19.1. The second-order valence-corrected chi connectivity index (χ2v) is 6.79. The molecule has 0 saturated carbocycles. The summed E-state index contributed by atoms with van der Waals surface area (Å²) in [7, 11) is 0. The zero-order chi connectivity index (χ0) is 21.3. The van der Waals surface area contributed by atoms with E-state index in [2.05, 4.69) is 25.6 Å². The van der Waals surface area contributed by atoms with E-state index in [9.17, 15) is 9.18 Å². The van der Waals surface area contributed by atoms with E-state index in [-0.39, 0.29) is 11.5 Å². The number of fused-ring (bicyclic) bond motifs is 1. The first-order valence-corrected chi connectivity index (χ1v) is 9.09. The summed E-state index contributed by atoms with van der Waals surface area (Å²) in [6.45, 7) is 1.76. The van der Waals surface area contributed by atoms with E-state index < -0.39 is 17.8 Å². The van der Waals surface area contributed by atoms with Crippen molar-refractivity contribution in [1.29, 1.82) is 10.7 Å². The fraction of sp³-hybridized carbons (Fsp3) is 0.143. The molecule has 0 bridgehead atoms. The van der Waals surface area contributed by atoms with Gasteiger partial charge in [-0.25, -0.2) is 19.3 Å². The molecule has 2 aromatic heterocycles. The van der Waals surface area contributed by atoms with Gasteiger partial charge < -0.3 is 10.6 Å². The molecule has 1 aliphatic heterocycles. The van der Waals surface area contributed by atoms with Gasteiger partial charge in [-0.3, -0.25) is 10.2 Å². The number of carbonyl (C=O) groups is 1. The zero-order valence-electron chi connectivity index (χ0n) is 15.9. The molecule has 1 unspecified atom stereocenters. The van der Waals surface area contributed by atoms with Gasteiger partial charge in [-0.15, -0.1) is 0 Å². The number of hydrogen-bond acceptors (Lipinski definition) is 6. The zero-order valence-corrected chi connectivity index (χ0v) is 15.9. The van der Waals surface area contributed by atoms with Crippen LogP contribution in [0.3, 0.4) is 0 Å². The minimum Gasteiger partial charge on any atom is -0.363 e. The summed E-state index contributed by atoms with van der Waals surface area (Å²) in [6.07, 6.45) is 3.28. The molecule has 0 saturated heterocycles. The van der Waals surface area contributed by atoms with Gasteiger partial charge in [0, 0.05) is 30.1 Å². The largest absolute Gasteiger partial charge is 0.363 e. The first-order chi connectivity index (χ1) is 14.4. The van der Waals surface area contributed by atoms with Gasteiger partial charge in [0.15, 0.2) is 0 Å². The Morgan fingerprint density at radius 1 is 1.30 bits per heavy atom. The van der Waals surface area contributed by atoms with Gasteiger partial charge in [0.2, 0.25) is 0 Å². The van der Waals surface area contributed by atoms with Crippen LogP contribution in [-0.2, 0) is 6.42 Å². The fourth-order valence-corrected chi connectivity index (χ4v) is 3.24. The normalized spacial score (nSPS) is 15.0. The van der Waals surface area contributed by atoms with E-state index in [4.69, 9.17) is 10.7 Å². The van der Waals surface area contributed by atoms with Gasteiger partial charge in [0.1, 0.15) is 29.2 Å². The van der Waals surface area contributed by atoms with Crippen LogP contribution >= 0.6 is 0 Å². The van der Waals surface area contributed by atoms with Gasteiger partial charge in [-0.1, -0.05) is 0 Å². The summed E-state index contributed by atoms with van der Waals surface area (Å²) in [4.78, 5) is 24.9. The number of amidine groups is 1. The van der Waals surface area contributed by atoms with E-state index >= 15 is 0 Å². The third-order valence-electron chi connectivity index (χ3n) is 4.73. The Bertz CT molecular complexity index is 1200. The highest BCUT2D eigenvalue weighted by Gasteiger charge is 2.27. The molecule has 3 aromatic rings. The maximum atomic E-state index is 14.6. The SMILES string of the molecule is Cc1ncc2c(n1)CC(c1cc(NC(=O)c3ccc(C#N)cn3)ccc1F)NC2=N. The van der Waals surface area contributed by atoms with Gasteiger partial charge in [-0.2, -0.15) is 5.26 Å². The highest BCUT2D eigenvalue weighted by molar-refractivity contribution is 6.03. The molecular formula is C21H16FN7O. The first-order valence-electron chi connectivity index (χ1n) is 9.09. The number of hydrogen-bond donors (Lipinski definition) is 3. The summed E-state index contributed by atoms with van der Waals surface area (Å²) in [5, 5.41) is 22.7. The van der Waals surface area contributed by atoms with Crippen molar-refractivity contribution in [2.24, 2.45) is 0 Å². The van der Waals surface area contributed by atoms with Crippen LogP contribution in [0.2, 0.25) is 0 Å². The fourth-order valence-electron chi connectivity index (χ4n) is 3.24. The van der Waals surface area contributed by atoms with Crippen molar-refractivity contribution in [3.8, 4) is 6.07 Å². The summed E-state index contributed by atoms with van der Waals surface area (Å²) in [5.74, 6) is -0.227. The maximum absolute atomic E-state index is 14.6. The molecule has 1 aromatic carbocycles. The van der Waals surface area contributed by atoms with E-state index in [0.29, 0.717) is 40.3 Å². The topological polar surface area (TPSA) is 127 Å². The molecule has 9 heteroatoms. The van der Waals surface area contributed by atoms with Crippen LogP contribution in [0.5, 0.6) is 0 Å². The van der Waals surface area contributed by atoms with E-state index in [1.54, 1.807) is 13.1 Å². The van der Waals surface area contributed by atoms with Crippen molar-refractivity contribution >= 4 is 17.4 Å². The smallest absolute Gasteiger partial charge is 0.274 e. The quantitative estimate of drug-likeness (QED) is 0.619. The molecule has 30 heavy (non-hydrogen) atoms. The van der Waals surface area contributed by atoms with Gasteiger partial charge in [-0.05, 0) is 37.3 Å². The van der Waals surface area contributed by atoms with Crippen LogP contribution in [0.4, 0.5) is 10.1 Å². The minimum absolute atomic E-state index is 0.122. The molecule has 1 amide bonds. The van der Waals surface area contributed by atoms with Crippen molar-refractivity contribution in [2.45, 2.75) is 19.4 Å². The Labute approximate surface area is 171 Å². The predicted molar refractivity (Wildman–Crippen MR) is 106 cm³/mol. The van der Waals surface area contributed by atoms with Crippen LogP contribution < -0.4 is 10.6 Å². The molecule has 3 N–H and O–H groups in total. The molecule has 1 aliphatic rings. The average Bonchev–Trinajstić information content (AvgIpc) is 2.74. The standard InChI is InChI=1S/C21H16FN7O/c1-11-25-10-15-19(27-11)7-18(29-20(15)24)14-6-13(3-4-16(14)22)28-21(30)17-5-2-12(8-23)9-26-17/h2-6,9-10,18H,7H2,1H3,(H2,24,29)(H,28,30). The Morgan fingerprint density at radius 3 is 2.87 bits per heavy atom. The molecule has 0 spiro atoms. The van der Waals surface area contributed by atoms with Crippen molar-refractivity contribution in [3.05, 3.63) is 82.4 Å². The van der Waals surface area contributed by atoms with Crippen LogP contribution in [0, 0.1) is 29.5 Å². The number of benzene rings is 1. The lowest BCUT2D eigenvalue weighted by molar-refractivity contribution is 0.102. The van der Waals surface area contributed by atoms with Crippen molar-refractivity contribution in [2.75, 3.05) is 5.32 Å². The van der Waals surface area contributed by atoms with Crippen molar-refractivity contribution in [3.63, 3.8) is 0 Å². The molecule has 4 rings (SSSR count). The Balaban J connectivity index is 1.58. The number of nitrogens with zero attached hydrogens (tertiary/aromatic N) is 4. The Hall–Kier alpha value is -4.19. The lowest BCUT2D eigenvalue weighted by Crippen LogP contribution is -2.36. The van der Waals surface area contributed by atoms with Crippen molar-refractivity contribution in [1.82, 2.24) is 20.3 Å². The maximum Gasteiger partial charge on any atom is 0.274 e. The summed E-state index contributed by atoms with van der Waals surface area (Å²) >= 11 is 0. The second-order valence-electron chi connectivity index (χ2n) is 6.79. The molecule has 3 heterocycles. The number of anilines is 1. The Kier molecular flexibility index (Phi) is 4.90. The third kappa shape index (κ3) is 3.71. The number of rotatable bonds is 3. The molecular weight excluding hydrogens is 385 g/mol. The van der Waals surface area contributed by atoms with Crippen molar-refractivity contribution < 1.29 is 9.18 Å². The van der Waals surface area contributed by atoms with E-state index in [1.165, 1.54) is 36.5 Å². The Morgan fingerprint density at radius 2 is 2.13 bits per heavy atom. The lowest BCUT2D eigenvalue weighted by Gasteiger charge is -2.27. The first kappa shape index (κ1) is 19.1. The minimum atomic E-state index is -0.510. The third-order valence-corrected chi connectivity index (χ3v) is 4.73. The van der Waals surface area contributed by atoms with Gasteiger partial charge in [0.05, 0.1) is 22.9 Å². The average molecular weight is 401 g/mol. The highest BCUT2D eigenvalue weighted by Crippen LogP contribution is 2.28. The van der Waals surface area contributed by atoms with E-state index in [1.807, 2.05) is 6.07 Å². The van der Waals surface area contributed by atoms with E-state index in [0.717, 1.165) is 0 Å². The number of aryl methyl sites for hydroxylation is 1. The molecule has 1 atom stereocenters. The number of amides is 1. The molecule has 0 radical (unpaired) electrons. The number of aromatic nitrogens is 3. The molecule has 8 nitrogen and oxygen atoms in total. The predicted octanol–water partition coefficient (Wildman–Crippen LogP) is 2.66. The van der Waals surface area contributed by atoms with Crippen LogP contribution in [0.1, 0.15) is 44.7 Å². The molecule has 0 aliphatic carbocycles. The van der Waals surface area contributed by atoms with Crippen LogP contribution in [0.15, 0.2) is 42.7 Å². The number of pyridine rings is 1. The monoisotopic (exact) mass is 401 g/mol. The number of halogens is 1.